The molecular formula is C22H31N5O6S. The topological polar surface area (TPSA) is 147 Å². The summed E-state index contributed by atoms with van der Waals surface area (Å²) >= 11 is 0. The third-order valence-electron chi connectivity index (χ3n) is 6.48. The van der Waals surface area contributed by atoms with E-state index in [0.717, 1.165) is 11.3 Å². The van der Waals surface area contributed by atoms with Gasteiger partial charge in [0.25, 0.3) is 0 Å². The minimum Gasteiger partial charge on any atom is -0.497 e. The summed E-state index contributed by atoms with van der Waals surface area (Å²) in [6.45, 7) is 1.80. The van der Waals surface area contributed by atoms with E-state index in [1.807, 2.05) is 17.0 Å². The van der Waals surface area contributed by atoms with Gasteiger partial charge < -0.3 is 20.3 Å². The van der Waals surface area contributed by atoms with Crippen molar-refractivity contribution in [1.82, 2.24) is 25.2 Å². The number of sulfone groups is 1. The number of benzene rings is 1. The normalized spacial score (nSPS) is 26.9. The van der Waals surface area contributed by atoms with Gasteiger partial charge in [0.1, 0.15) is 11.9 Å². The first kappa shape index (κ1) is 24.6. The van der Waals surface area contributed by atoms with Gasteiger partial charge in [0.2, 0.25) is 5.91 Å². The number of aliphatic hydroxyl groups is 2. The maximum absolute atomic E-state index is 12.5. The second-order valence-corrected chi connectivity index (χ2v) is 11.3. The average Bonchev–Trinajstić information content (AvgIpc) is 3.35. The fourth-order valence-electron chi connectivity index (χ4n) is 4.55. The smallest absolute Gasteiger partial charge is 0.224 e. The summed E-state index contributed by atoms with van der Waals surface area (Å²) in [4.78, 5) is 14.5. The van der Waals surface area contributed by atoms with Crippen molar-refractivity contribution in [3.63, 3.8) is 0 Å². The summed E-state index contributed by atoms with van der Waals surface area (Å²) in [5.41, 5.74) is 1.51. The first-order valence-corrected chi connectivity index (χ1v) is 13.1. The van der Waals surface area contributed by atoms with Crippen LogP contribution in [0.25, 0.3) is 0 Å². The molecule has 12 heteroatoms. The van der Waals surface area contributed by atoms with Gasteiger partial charge in [-0.3, -0.25) is 14.4 Å². The molecule has 1 aromatic carbocycles. The van der Waals surface area contributed by atoms with Crippen molar-refractivity contribution in [2.75, 3.05) is 31.7 Å². The molecule has 1 aliphatic carbocycles. The summed E-state index contributed by atoms with van der Waals surface area (Å²) in [7, 11) is -1.37. The van der Waals surface area contributed by atoms with Gasteiger partial charge in [-0.15, -0.1) is 5.10 Å². The Morgan fingerprint density at radius 2 is 2.00 bits per heavy atom. The molecule has 4 unspecified atom stereocenters. The van der Waals surface area contributed by atoms with Crippen LogP contribution in [0.2, 0.25) is 0 Å². The van der Waals surface area contributed by atoms with Crippen molar-refractivity contribution in [1.29, 1.82) is 0 Å². The summed E-state index contributed by atoms with van der Waals surface area (Å²) in [6, 6.07) is 6.67. The Labute approximate surface area is 198 Å². The van der Waals surface area contributed by atoms with E-state index in [1.54, 1.807) is 30.1 Å². The van der Waals surface area contributed by atoms with Crippen molar-refractivity contribution in [2.24, 2.45) is 5.92 Å². The number of carbonyl (C=O) groups excluding carboxylic acids is 1. The molecule has 0 radical (unpaired) electrons. The van der Waals surface area contributed by atoms with Crippen LogP contribution in [0.15, 0.2) is 30.5 Å². The van der Waals surface area contributed by atoms with Gasteiger partial charge in [0.05, 0.1) is 42.9 Å². The third kappa shape index (κ3) is 6.12. The molecule has 2 heterocycles. The molecule has 3 N–H and O–H groups in total. The Bertz CT molecular complexity index is 1090. The zero-order chi connectivity index (χ0) is 24.3. The van der Waals surface area contributed by atoms with Crippen molar-refractivity contribution >= 4 is 15.7 Å². The number of hydrogen-bond donors (Lipinski definition) is 3. The lowest BCUT2D eigenvalue weighted by Gasteiger charge is -2.25. The maximum atomic E-state index is 12.5. The molecule has 186 valence electrons. The molecule has 0 bridgehead atoms. The number of methoxy groups -OCH3 is 1. The second kappa shape index (κ2) is 10.4. The van der Waals surface area contributed by atoms with Gasteiger partial charge in [-0.25, -0.2) is 8.42 Å². The average molecular weight is 494 g/mol. The van der Waals surface area contributed by atoms with Crippen LogP contribution < -0.4 is 10.1 Å². The molecule has 2 aromatic rings. The van der Waals surface area contributed by atoms with Gasteiger partial charge in [-0.2, -0.15) is 0 Å². The zero-order valence-corrected chi connectivity index (χ0v) is 19.9. The lowest BCUT2D eigenvalue weighted by atomic mass is 10.1. The van der Waals surface area contributed by atoms with E-state index in [0.29, 0.717) is 38.3 Å². The highest BCUT2D eigenvalue weighted by atomic mass is 32.2. The fraction of sp³-hybridized carbons (Fsp3) is 0.591. The second-order valence-electron chi connectivity index (χ2n) is 9.04. The Morgan fingerprint density at radius 1 is 1.24 bits per heavy atom. The minimum atomic E-state index is -2.93. The van der Waals surface area contributed by atoms with E-state index in [4.69, 9.17) is 4.74 Å². The maximum Gasteiger partial charge on any atom is 0.224 e. The predicted octanol–water partition coefficient (Wildman–Crippen LogP) is -1.01. The number of rotatable bonds is 8. The number of aliphatic hydroxyl groups excluding tert-OH is 2. The molecule has 1 aromatic heterocycles. The largest absolute Gasteiger partial charge is 0.497 e. The summed E-state index contributed by atoms with van der Waals surface area (Å²) in [5, 5.41) is 32.1. The van der Waals surface area contributed by atoms with Crippen molar-refractivity contribution in [2.45, 2.75) is 44.2 Å². The van der Waals surface area contributed by atoms with E-state index in [2.05, 4.69) is 15.6 Å². The number of hydrogen-bond acceptors (Lipinski definition) is 9. The molecule has 11 nitrogen and oxygen atoms in total. The Hall–Kier alpha value is -2.54. The van der Waals surface area contributed by atoms with Crippen LogP contribution >= 0.6 is 0 Å². The van der Waals surface area contributed by atoms with Gasteiger partial charge in [0, 0.05) is 38.3 Å². The first-order chi connectivity index (χ1) is 16.2. The van der Waals surface area contributed by atoms with Crippen LogP contribution in [-0.4, -0.2) is 94.4 Å². The van der Waals surface area contributed by atoms with Crippen LogP contribution in [0.5, 0.6) is 5.75 Å². The monoisotopic (exact) mass is 493 g/mol. The van der Waals surface area contributed by atoms with Crippen LogP contribution in [0.4, 0.5) is 0 Å². The number of ether oxygens (including phenoxy) is 1. The van der Waals surface area contributed by atoms with Crippen LogP contribution in [-0.2, 0) is 34.1 Å². The van der Waals surface area contributed by atoms with Gasteiger partial charge in [-0.1, -0.05) is 17.3 Å². The van der Waals surface area contributed by atoms with E-state index in [9.17, 15) is 23.4 Å². The molecule has 1 saturated heterocycles. The number of amides is 1. The lowest BCUT2D eigenvalue weighted by Crippen LogP contribution is -2.43. The molecule has 1 amide bonds. The Morgan fingerprint density at radius 3 is 2.74 bits per heavy atom. The molecule has 1 aliphatic heterocycles. The number of aromatic nitrogens is 3. The Balaban J connectivity index is 1.29. The van der Waals surface area contributed by atoms with Crippen LogP contribution in [0.3, 0.4) is 0 Å². The lowest BCUT2D eigenvalue weighted by molar-refractivity contribution is -0.122. The van der Waals surface area contributed by atoms with E-state index in [1.165, 1.54) is 0 Å². The summed E-state index contributed by atoms with van der Waals surface area (Å²) in [5.74, 6) is 0.430. The Kier molecular flexibility index (Phi) is 7.51. The highest BCUT2D eigenvalue weighted by molar-refractivity contribution is 7.91. The van der Waals surface area contributed by atoms with Gasteiger partial charge in [-0.05, 0) is 24.1 Å². The van der Waals surface area contributed by atoms with Crippen molar-refractivity contribution in [3.8, 4) is 5.75 Å². The molecule has 1 saturated carbocycles. The van der Waals surface area contributed by atoms with E-state index >= 15 is 0 Å². The zero-order valence-electron chi connectivity index (χ0n) is 19.1. The molecular weight excluding hydrogens is 462 g/mol. The first-order valence-electron chi connectivity index (χ1n) is 11.3. The van der Waals surface area contributed by atoms with Gasteiger partial charge in [0.15, 0.2) is 9.84 Å². The molecule has 4 rings (SSSR count). The predicted molar refractivity (Wildman–Crippen MR) is 123 cm³/mol. The molecule has 0 spiro atoms. The highest BCUT2D eigenvalue weighted by Gasteiger charge is 2.42. The van der Waals surface area contributed by atoms with E-state index in [-0.39, 0.29) is 29.8 Å². The molecule has 2 aliphatic rings. The SMILES string of the molecule is COc1cccc(CC(=O)NC2CC(Cn3cc(CN4CCS(=O)(=O)CC4)nn3)C(O)C2O)c1. The third-order valence-corrected chi connectivity index (χ3v) is 8.09. The van der Waals surface area contributed by atoms with Crippen molar-refractivity contribution in [3.05, 3.63) is 41.7 Å². The molecule has 2 fully saturated rings. The minimum absolute atomic E-state index is 0.144. The quantitative estimate of drug-likeness (QED) is 0.421. The molecule has 34 heavy (non-hydrogen) atoms. The highest BCUT2D eigenvalue weighted by Crippen LogP contribution is 2.28. The number of nitrogens with one attached hydrogen (secondary N) is 1. The van der Waals surface area contributed by atoms with Crippen molar-refractivity contribution < 1.29 is 28.2 Å². The summed E-state index contributed by atoms with van der Waals surface area (Å²) in [6.07, 6.45) is 0.257. The fourth-order valence-corrected chi connectivity index (χ4v) is 5.83. The number of carbonyl (C=O) groups is 1. The van der Waals surface area contributed by atoms with Gasteiger partial charge >= 0.3 is 0 Å². The van der Waals surface area contributed by atoms with E-state index < -0.39 is 28.1 Å². The van der Waals surface area contributed by atoms with Crippen LogP contribution in [0.1, 0.15) is 17.7 Å². The standard InChI is InChI=1S/C22H31N5O6S/c1-33-18-4-2-3-15(9-18)10-20(28)23-19-11-16(21(29)22(19)30)12-27-14-17(24-25-27)13-26-5-7-34(31,32)8-6-26/h2-4,9,14,16,19,21-22,29-30H,5-8,10-13H2,1H3,(H,23,28). The summed E-state index contributed by atoms with van der Waals surface area (Å²) < 4.78 is 30.0. The van der Waals surface area contributed by atoms with Crippen LogP contribution in [0, 0.1) is 5.92 Å². The number of nitrogens with zero attached hydrogens (tertiary/aromatic N) is 4. The molecule has 4 atom stereocenters.